The maximum Gasteiger partial charge on any atom is 0.253 e. The summed E-state index contributed by atoms with van der Waals surface area (Å²) in [6.45, 7) is 0. The zero-order chi connectivity index (χ0) is 13.6. The van der Waals surface area contributed by atoms with E-state index in [4.69, 9.17) is 0 Å². The molecule has 2 aromatic rings. The molecule has 1 amide bonds. The number of nitrogens with one attached hydrogen (secondary N) is 1. The van der Waals surface area contributed by atoms with Gasteiger partial charge in [-0.2, -0.15) is 0 Å². The molecule has 1 aliphatic carbocycles. The highest BCUT2D eigenvalue weighted by atomic mass is 19.3. The summed E-state index contributed by atoms with van der Waals surface area (Å²) in [4.78, 5) is 16.1. The SMILES string of the molecule is Cn1nnc2c(C(=O)N[C@H]3C[C@@H]3C(F)F)ccnc21. The number of aromatic nitrogens is 4. The van der Waals surface area contributed by atoms with Gasteiger partial charge in [0, 0.05) is 25.2 Å². The van der Waals surface area contributed by atoms with Crippen molar-refractivity contribution in [3.05, 3.63) is 17.8 Å². The number of carbonyl (C=O) groups is 1. The number of fused-ring (bicyclic) bond motifs is 1. The first kappa shape index (κ1) is 11.9. The van der Waals surface area contributed by atoms with Crippen molar-refractivity contribution in [3.63, 3.8) is 0 Å². The molecule has 0 aliphatic heterocycles. The van der Waals surface area contributed by atoms with Crippen LogP contribution in [0.25, 0.3) is 11.2 Å². The molecule has 6 nitrogen and oxygen atoms in total. The Morgan fingerprint density at radius 3 is 3.05 bits per heavy atom. The van der Waals surface area contributed by atoms with E-state index < -0.39 is 24.3 Å². The van der Waals surface area contributed by atoms with Crippen molar-refractivity contribution in [2.75, 3.05) is 0 Å². The molecule has 8 heteroatoms. The van der Waals surface area contributed by atoms with Crippen LogP contribution in [0.2, 0.25) is 0 Å². The maximum atomic E-state index is 12.4. The van der Waals surface area contributed by atoms with Gasteiger partial charge in [0.15, 0.2) is 5.65 Å². The molecule has 1 fully saturated rings. The minimum Gasteiger partial charge on any atom is -0.349 e. The van der Waals surface area contributed by atoms with Gasteiger partial charge in [-0.1, -0.05) is 5.21 Å². The summed E-state index contributed by atoms with van der Waals surface area (Å²) in [7, 11) is 1.66. The highest BCUT2D eigenvalue weighted by Crippen LogP contribution is 2.36. The monoisotopic (exact) mass is 267 g/mol. The standard InChI is InChI=1S/C11H11F2N5O/c1-18-10-8(16-17-18)5(2-3-14-10)11(19)15-7-4-6(7)9(12)13/h2-3,6-7,9H,4H2,1H3,(H,15,19)/t6-,7-/m0/s1. The first-order valence-electron chi connectivity index (χ1n) is 5.81. The van der Waals surface area contributed by atoms with E-state index in [1.807, 2.05) is 0 Å². The quantitative estimate of drug-likeness (QED) is 0.890. The van der Waals surface area contributed by atoms with Gasteiger partial charge in [0.1, 0.15) is 5.52 Å². The smallest absolute Gasteiger partial charge is 0.253 e. The van der Waals surface area contributed by atoms with Gasteiger partial charge < -0.3 is 5.32 Å². The van der Waals surface area contributed by atoms with Crippen molar-refractivity contribution < 1.29 is 13.6 Å². The van der Waals surface area contributed by atoms with E-state index in [1.165, 1.54) is 16.9 Å². The number of alkyl halides is 2. The summed E-state index contributed by atoms with van der Waals surface area (Å²) >= 11 is 0. The van der Waals surface area contributed by atoms with Gasteiger partial charge >= 0.3 is 0 Å². The zero-order valence-corrected chi connectivity index (χ0v) is 10.0. The molecule has 1 N–H and O–H groups in total. The molecule has 0 aromatic carbocycles. The van der Waals surface area contributed by atoms with Crippen molar-refractivity contribution in [2.45, 2.75) is 18.9 Å². The molecule has 0 saturated heterocycles. The predicted molar refractivity (Wildman–Crippen MR) is 61.7 cm³/mol. The van der Waals surface area contributed by atoms with Crippen LogP contribution in [0.4, 0.5) is 8.78 Å². The number of pyridine rings is 1. The van der Waals surface area contributed by atoms with Crippen LogP contribution in [-0.4, -0.2) is 38.4 Å². The number of carbonyl (C=O) groups excluding carboxylic acids is 1. The fourth-order valence-corrected chi connectivity index (χ4v) is 2.02. The van der Waals surface area contributed by atoms with Crippen molar-refractivity contribution in [3.8, 4) is 0 Å². The van der Waals surface area contributed by atoms with Crippen LogP contribution in [0.1, 0.15) is 16.8 Å². The van der Waals surface area contributed by atoms with Gasteiger partial charge in [-0.05, 0) is 12.5 Å². The van der Waals surface area contributed by atoms with Crippen LogP contribution < -0.4 is 5.32 Å². The fourth-order valence-electron chi connectivity index (χ4n) is 2.02. The molecule has 1 aliphatic rings. The zero-order valence-electron chi connectivity index (χ0n) is 10.0. The predicted octanol–water partition coefficient (Wildman–Crippen LogP) is 0.747. The van der Waals surface area contributed by atoms with E-state index in [0.717, 1.165) is 0 Å². The van der Waals surface area contributed by atoms with Crippen LogP contribution in [0.5, 0.6) is 0 Å². The molecule has 2 atom stereocenters. The number of hydrogen-bond acceptors (Lipinski definition) is 4. The van der Waals surface area contributed by atoms with Crippen molar-refractivity contribution >= 4 is 17.1 Å². The van der Waals surface area contributed by atoms with E-state index in [-0.39, 0.29) is 0 Å². The summed E-state index contributed by atoms with van der Waals surface area (Å²) in [5.41, 5.74) is 1.16. The summed E-state index contributed by atoms with van der Waals surface area (Å²) < 4.78 is 26.2. The van der Waals surface area contributed by atoms with Gasteiger partial charge in [0.2, 0.25) is 6.43 Å². The first-order chi connectivity index (χ1) is 9.08. The molecule has 0 unspecified atom stereocenters. The number of nitrogens with zero attached hydrogens (tertiary/aromatic N) is 4. The van der Waals surface area contributed by atoms with E-state index in [0.29, 0.717) is 23.1 Å². The highest BCUT2D eigenvalue weighted by Gasteiger charge is 2.45. The summed E-state index contributed by atoms with van der Waals surface area (Å²) in [5, 5.41) is 10.2. The average molecular weight is 267 g/mol. The van der Waals surface area contributed by atoms with Gasteiger partial charge in [-0.3, -0.25) is 4.79 Å². The largest absolute Gasteiger partial charge is 0.349 e. The minimum atomic E-state index is -2.39. The van der Waals surface area contributed by atoms with Crippen LogP contribution in [0.15, 0.2) is 12.3 Å². The van der Waals surface area contributed by atoms with E-state index in [9.17, 15) is 13.6 Å². The van der Waals surface area contributed by atoms with Crippen LogP contribution in [-0.2, 0) is 7.05 Å². The molecular formula is C11H11F2N5O. The van der Waals surface area contributed by atoms with E-state index >= 15 is 0 Å². The lowest BCUT2D eigenvalue weighted by molar-refractivity contribution is 0.0927. The molecule has 2 aromatic heterocycles. The maximum absolute atomic E-state index is 12.4. The number of amides is 1. The Kier molecular flexibility index (Phi) is 2.65. The third-order valence-corrected chi connectivity index (χ3v) is 3.21. The number of aryl methyl sites for hydroxylation is 1. The number of rotatable bonds is 3. The summed E-state index contributed by atoms with van der Waals surface area (Å²) in [5.74, 6) is -1.15. The van der Waals surface area contributed by atoms with Gasteiger partial charge in [-0.25, -0.2) is 18.4 Å². The van der Waals surface area contributed by atoms with Crippen molar-refractivity contribution in [2.24, 2.45) is 13.0 Å². The number of halogens is 2. The third kappa shape index (κ3) is 2.02. The Morgan fingerprint density at radius 1 is 1.58 bits per heavy atom. The summed E-state index contributed by atoms with van der Waals surface area (Å²) in [6, 6.07) is 1.05. The molecule has 0 bridgehead atoms. The summed E-state index contributed by atoms with van der Waals surface area (Å²) in [6.07, 6.45) is -0.602. The first-order valence-corrected chi connectivity index (χ1v) is 5.81. The van der Waals surface area contributed by atoms with Crippen LogP contribution in [0.3, 0.4) is 0 Å². The topological polar surface area (TPSA) is 72.7 Å². The molecule has 19 heavy (non-hydrogen) atoms. The molecule has 0 spiro atoms. The van der Waals surface area contributed by atoms with E-state index in [2.05, 4.69) is 20.6 Å². The Bertz CT molecular complexity index is 641. The molecule has 1 saturated carbocycles. The lowest BCUT2D eigenvalue weighted by atomic mass is 10.2. The van der Waals surface area contributed by atoms with Crippen LogP contribution >= 0.6 is 0 Å². The second-order valence-corrected chi connectivity index (χ2v) is 4.56. The average Bonchev–Trinajstić information content (AvgIpc) is 3.05. The molecular weight excluding hydrogens is 256 g/mol. The van der Waals surface area contributed by atoms with Gasteiger partial charge in [-0.15, -0.1) is 5.10 Å². The Balaban J connectivity index is 1.83. The highest BCUT2D eigenvalue weighted by molar-refractivity contribution is 6.04. The molecule has 3 rings (SSSR count). The van der Waals surface area contributed by atoms with Crippen molar-refractivity contribution in [1.29, 1.82) is 0 Å². The van der Waals surface area contributed by atoms with Gasteiger partial charge in [0.05, 0.1) is 5.56 Å². The third-order valence-electron chi connectivity index (χ3n) is 3.21. The lowest BCUT2D eigenvalue weighted by Gasteiger charge is -2.04. The Hall–Kier alpha value is -2.12. The second-order valence-electron chi connectivity index (χ2n) is 4.56. The van der Waals surface area contributed by atoms with E-state index in [1.54, 1.807) is 7.05 Å². The molecule has 2 heterocycles. The Morgan fingerprint density at radius 2 is 2.37 bits per heavy atom. The van der Waals surface area contributed by atoms with Gasteiger partial charge in [0.25, 0.3) is 5.91 Å². The molecule has 100 valence electrons. The van der Waals surface area contributed by atoms with Crippen LogP contribution in [0, 0.1) is 5.92 Å². The lowest BCUT2D eigenvalue weighted by Crippen LogP contribution is -2.28. The van der Waals surface area contributed by atoms with Crippen molar-refractivity contribution in [1.82, 2.24) is 25.3 Å². The fraction of sp³-hybridized carbons (Fsp3) is 0.455. The second kappa shape index (κ2) is 4.22. The Labute approximate surface area is 106 Å². The minimum absolute atomic E-state index is 0.304. The molecule has 0 radical (unpaired) electrons. The number of hydrogen-bond donors (Lipinski definition) is 1. The normalized spacial score (nSPS) is 21.9.